The lowest BCUT2D eigenvalue weighted by Crippen LogP contribution is -2.02. The van der Waals surface area contributed by atoms with Crippen molar-refractivity contribution in [2.24, 2.45) is 10.3 Å². The van der Waals surface area contributed by atoms with Gasteiger partial charge in [-0.15, -0.1) is 0 Å². The molecule has 58 valence electrons. The molecular formula is C6H13N3O. The molecule has 0 spiro atoms. The van der Waals surface area contributed by atoms with Gasteiger partial charge in [0.15, 0.2) is 0 Å². The van der Waals surface area contributed by atoms with E-state index in [-0.39, 0.29) is 0 Å². The molecule has 0 unspecified atom stereocenters. The van der Waals surface area contributed by atoms with Crippen LogP contribution < -0.4 is 5.43 Å². The lowest BCUT2D eigenvalue weighted by molar-refractivity contribution is 0.258. The maximum Gasteiger partial charge on any atom is 0.109 e. The van der Waals surface area contributed by atoms with E-state index in [1.807, 2.05) is 6.92 Å². The van der Waals surface area contributed by atoms with Crippen LogP contribution in [0, 0.1) is 0 Å². The van der Waals surface area contributed by atoms with Crippen LogP contribution in [0.5, 0.6) is 0 Å². The first kappa shape index (κ1) is 8.94. The van der Waals surface area contributed by atoms with Gasteiger partial charge in [0, 0.05) is 6.54 Å². The highest BCUT2D eigenvalue weighted by Crippen LogP contribution is 1.76. The van der Waals surface area contributed by atoms with Crippen molar-refractivity contribution < 1.29 is 4.74 Å². The number of nitrogens with zero attached hydrogens (tertiary/aromatic N) is 2. The highest BCUT2D eigenvalue weighted by atomic mass is 16.5. The Balaban J connectivity index is 2.94. The number of rotatable bonds is 6. The Morgan fingerprint density at radius 1 is 1.70 bits per heavy atom. The second-order valence-electron chi connectivity index (χ2n) is 1.51. The third kappa shape index (κ3) is 6.94. The standard InChI is InChI=1S/C6H13N3O/c1-3-7-9-8-5-6-10-4-2/h4H,2-3,5-6H2,1H3,(H,7,8). The quantitative estimate of drug-likeness (QED) is 0.262. The van der Waals surface area contributed by atoms with Gasteiger partial charge >= 0.3 is 0 Å². The van der Waals surface area contributed by atoms with E-state index in [1.165, 1.54) is 6.26 Å². The summed E-state index contributed by atoms with van der Waals surface area (Å²) in [6, 6.07) is 0. The summed E-state index contributed by atoms with van der Waals surface area (Å²) in [5, 5.41) is 7.36. The fourth-order valence-corrected chi connectivity index (χ4v) is 0.348. The Morgan fingerprint density at radius 3 is 3.10 bits per heavy atom. The van der Waals surface area contributed by atoms with Crippen LogP contribution in [-0.4, -0.2) is 19.7 Å². The second kappa shape index (κ2) is 7.94. The molecule has 0 aliphatic heterocycles. The van der Waals surface area contributed by atoms with Crippen molar-refractivity contribution in [3.63, 3.8) is 0 Å². The summed E-state index contributed by atoms with van der Waals surface area (Å²) in [6.45, 7) is 7.25. The monoisotopic (exact) mass is 143 g/mol. The molecule has 0 heterocycles. The zero-order valence-corrected chi connectivity index (χ0v) is 6.21. The summed E-state index contributed by atoms with van der Waals surface area (Å²) in [5.41, 5.74) is 2.70. The Kier molecular flexibility index (Phi) is 7.10. The van der Waals surface area contributed by atoms with E-state index < -0.39 is 0 Å². The fraction of sp³-hybridized carbons (Fsp3) is 0.667. The molecule has 0 aliphatic carbocycles. The number of ether oxygens (including phenoxy) is 1. The van der Waals surface area contributed by atoms with Crippen LogP contribution in [-0.2, 0) is 4.74 Å². The van der Waals surface area contributed by atoms with E-state index in [4.69, 9.17) is 4.74 Å². The predicted octanol–water partition coefficient (Wildman–Crippen LogP) is 1.12. The van der Waals surface area contributed by atoms with Crippen LogP contribution >= 0.6 is 0 Å². The number of nitrogens with one attached hydrogen (secondary N) is 1. The molecule has 1 N–H and O–H groups in total. The average Bonchev–Trinajstić information content (AvgIpc) is 1.97. The lowest BCUT2D eigenvalue weighted by atomic mass is 10.7. The van der Waals surface area contributed by atoms with Crippen molar-refractivity contribution in [3.8, 4) is 0 Å². The highest BCUT2D eigenvalue weighted by Gasteiger charge is 1.77. The smallest absolute Gasteiger partial charge is 0.109 e. The minimum absolute atomic E-state index is 0.540. The third-order valence-corrected chi connectivity index (χ3v) is 0.727. The Bertz CT molecular complexity index is 103. The Hall–Kier alpha value is -1.06. The molecule has 4 nitrogen and oxygen atoms in total. The molecule has 0 fully saturated rings. The minimum atomic E-state index is 0.540. The molecule has 0 aliphatic rings. The van der Waals surface area contributed by atoms with Crippen molar-refractivity contribution in [3.05, 3.63) is 12.8 Å². The predicted molar refractivity (Wildman–Crippen MR) is 39.5 cm³/mol. The lowest BCUT2D eigenvalue weighted by Gasteiger charge is -1.93. The minimum Gasteiger partial charge on any atom is -0.500 e. The van der Waals surface area contributed by atoms with Gasteiger partial charge in [0.25, 0.3) is 0 Å². The van der Waals surface area contributed by atoms with Crippen molar-refractivity contribution in [2.45, 2.75) is 6.92 Å². The molecule has 0 saturated heterocycles. The SMILES string of the molecule is C=COCCN=NNCC. The molecule has 0 amide bonds. The van der Waals surface area contributed by atoms with Gasteiger partial charge in [-0.05, 0) is 6.92 Å². The largest absolute Gasteiger partial charge is 0.500 e. The van der Waals surface area contributed by atoms with Gasteiger partial charge in [-0.25, -0.2) is 0 Å². The third-order valence-electron chi connectivity index (χ3n) is 0.727. The molecule has 0 aromatic heterocycles. The van der Waals surface area contributed by atoms with Crippen molar-refractivity contribution in [2.75, 3.05) is 19.7 Å². The molecule has 0 aromatic rings. The highest BCUT2D eigenvalue weighted by molar-refractivity contribution is 4.48. The summed E-state index contributed by atoms with van der Waals surface area (Å²) in [5.74, 6) is 0. The van der Waals surface area contributed by atoms with Crippen molar-refractivity contribution >= 4 is 0 Å². The van der Waals surface area contributed by atoms with Gasteiger partial charge in [-0.3, -0.25) is 5.43 Å². The van der Waals surface area contributed by atoms with E-state index in [0.29, 0.717) is 13.2 Å². The Labute approximate surface area is 61.0 Å². The summed E-state index contributed by atoms with van der Waals surface area (Å²) in [6.07, 6.45) is 1.39. The molecule has 10 heavy (non-hydrogen) atoms. The van der Waals surface area contributed by atoms with Gasteiger partial charge in [0.2, 0.25) is 0 Å². The summed E-state index contributed by atoms with van der Waals surface area (Å²) in [7, 11) is 0. The molecular weight excluding hydrogens is 130 g/mol. The van der Waals surface area contributed by atoms with Crippen LogP contribution in [0.25, 0.3) is 0 Å². The zero-order chi connectivity index (χ0) is 7.66. The van der Waals surface area contributed by atoms with Gasteiger partial charge in [0.1, 0.15) is 6.61 Å². The van der Waals surface area contributed by atoms with Gasteiger partial charge in [-0.2, -0.15) is 5.11 Å². The first-order valence-corrected chi connectivity index (χ1v) is 3.23. The van der Waals surface area contributed by atoms with Gasteiger partial charge < -0.3 is 4.74 Å². The first-order valence-electron chi connectivity index (χ1n) is 3.23. The fourth-order valence-electron chi connectivity index (χ4n) is 0.348. The first-order chi connectivity index (χ1) is 4.91. The maximum atomic E-state index is 4.80. The van der Waals surface area contributed by atoms with Crippen LogP contribution in [0.15, 0.2) is 23.2 Å². The van der Waals surface area contributed by atoms with E-state index in [9.17, 15) is 0 Å². The molecule has 0 atom stereocenters. The summed E-state index contributed by atoms with van der Waals surface area (Å²) < 4.78 is 4.80. The average molecular weight is 143 g/mol. The maximum absolute atomic E-state index is 4.80. The van der Waals surface area contributed by atoms with Crippen LogP contribution in [0.2, 0.25) is 0 Å². The van der Waals surface area contributed by atoms with Gasteiger partial charge in [-0.1, -0.05) is 11.8 Å². The molecule has 0 aromatic carbocycles. The molecule has 0 rings (SSSR count). The van der Waals surface area contributed by atoms with Crippen LogP contribution in [0.4, 0.5) is 0 Å². The van der Waals surface area contributed by atoms with E-state index in [1.54, 1.807) is 0 Å². The second-order valence-corrected chi connectivity index (χ2v) is 1.51. The normalized spacial score (nSPS) is 9.70. The van der Waals surface area contributed by atoms with Crippen LogP contribution in [0.3, 0.4) is 0 Å². The zero-order valence-electron chi connectivity index (χ0n) is 6.21. The Morgan fingerprint density at radius 2 is 2.50 bits per heavy atom. The van der Waals surface area contributed by atoms with E-state index in [2.05, 4.69) is 22.3 Å². The molecule has 4 heteroatoms. The van der Waals surface area contributed by atoms with E-state index in [0.717, 1.165) is 6.54 Å². The van der Waals surface area contributed by atoms with Gasteiger partial charge in [0.05, 0.1) is 12.8 Å². The number of hydrogen-bond donors (Lipinski definition) is 1. The van der Waals surface area contributed by atoms with E-state index >= 15 is 0 Å². The molecule has 0 saturated carbocycles. The molecule has 0 bridgehead atoms. The summed E-state index contributed by atoms with van der Waals surface area (Å²) in [4.78, 5) is 0. The van der Waals surface area contributed by atoms with Crippen LogP contribution in [0.1, 0.15) is 6.92 Å². The summed E-state index contributed by atoms with van der Waals surface area (Å²) >= 11 is 0. The number of hydrogen-bond acceptors (Lipinski definition) is 3. The van der Waals surface area contributed by atoms with Crippen molar-refractivity contribution in [1.82, 2.24) is 5.43 Å². The van der Waals surface area contributed by atoms with Crippen molar-refractivity contribution in [1.29, 1.82) is 0 Å². The topological polar surface area (TPSA) is 46.0 Å². The molecule has 0 radical (unpaired) electrons.